The first-order valence-corrected chi connectivity index (χ1v) is 5.53. The van der Waals surface area contributed by atoms with Gasteiger partial charge in [-0.05, 0) is 26.0 Å². The molecule has 1 aromatic carbocycles. The first-order valence-electron chi connectivity index (χ1n) is 5.53. The van der Waals surface area contributed by atoms with E-state index >= 15 is 0 Å². The van der Waals surface area contributed by atoms with E-state index in [-0.39, 0.29) is 12.1 Å². The minimum Gasteiger partial charge on any atom is -0.366 e. The molecule has 0 bridgehead atoms. The summed E-state index contributed by atoms with van der Waals surface area (Å²) >= 11 is 0. The highest BCUT2D eigenvalue weighted by atomic mass is 19.1. The number of ether oxygens (including phenoxy) is 1. The number of anilines is 1. The predicted molar refractivity (Wildman–Crippen MR) is 59.7 cm³/mol. The standard InChI is InChI=1S/C12H15F2NO2/c1-7-6-17-12(16)8(2)15(7)11-4-9(13)3-10(14)5-11/h3-5,7-8,12,16H,6H2,1-2H3. The van der Waals surface area contributed by atoms with Crippen LogP contribution in [-0.2, 0) is 4.74 Å². The van der Waals surface area contributed by atoms with Gasteiger partial charge in [0.15, 0.2) is 6.29 Å². The van der Waals surface area contributed by atoms with E-state index in [2.05, 4.69) is 0 Å². The van der Waals surface area contributed by atoms with E-state index in [1.807, 2.05) is 6.92 Å². The van der Waals surface area contributed by atoms with Gasteiger partial charge in [0.2, 0.25) is 0 Å². The fourth-order valence-electron chi connectivity index (χ4n) is 2.17. The molecule has 0 aliphatic carbocycles. The Bertz CT molecular complexity index is 393. The summed E-state index contributed by atoms with van der Waals surface area (Å²) < 4.78 is 31.5. The molecule has 5 heteroatoms. The smallest absolute Gasteiger partial charge is 0.174 e. The molecule has 1 aliphatic heterocycles. The van der Waals surface area contributed by atoms with Gasteiger partial charge in [-0.15, -0.1) is 0 Å². The summed E-state index contributed by atoms with van der Waals surface area (Å²) in [5, 5.41) is 9.61. The first-order chi connectivity index (χ1) is 7.99. The van der Waals surface area contributed by atoms with E-state index in [0.29, 0.717) is 12.3 Å². The second-order valence-corrected chi connectivity index (χ2v) is 4.35. The lowest BCUT2D eigenvalue weighted by atomic mass is 10.1. The highest BCUT2D eigenvalue weighted by molar-refractivity contribution is 5.49. The Hall–Kier alpha value is -1.20. The van der Waals surface area contributed by atoms with Crippen molar-refractivity contribution in [2.75, 3.05) is 11.5 Å². The summed E-state index contributed by atoms with van der Waals surface area (Å²) in [7, 11) is 0. The Labute approximate surface area is 98.6 Å². The summed E-state index contributed by atoms with van der Waals surface area (Å²) in [5.74, 6) is -1.25. The first kappa shape index (κ1) is 12.3. The molecule has 17 heavy (non-hydrogen) atoms. The second-order valence-electron chi connectivity index (χ2n) is 4.35. The fourth-order valence-corrected chi connectivity index (χ4v) is 2.17. The fraction of sp³-hybridized carbons (Fsp3) is 0.500. The number of morpholine rings is 1. The molecule has 1 saturated heterocycles. The number of nitrogens with zero attached hydrogens (tertiary/aromatic N) is 1. The molecular weight excluding hydrogens is 228 g/mol. The molecule has 0 radical (unpaired) electrons. The lowest BCUT2D eigenvalue weighted by molar-refractivity contribution is -0.135. The van der Waals surface area contributed by atoms with Gasteiger partial charge >= 0.3 is 0 Å². The van der Waals surface area contributed by atoms with Gasteiger partial charge in [-0.3, -0.25) is 0 Å². The minimum absolute atomic E-state index is 0.0467. The summed E-state index contributed by atoms with van der Waals surface area (Å²) in [4.78, 5) is 1.76. The third-order valence-corrected chi connectivity index (χ3v) is 2.98. The molecule has 0 spiro atoms. The van der Waals surface area contributed by atoms with Crippen LogP contribution < -0.4 is 4.90 Å². The maximum Gasteiger partial charge on any atom is 0.174 e. The van der Waals surface area contributed by atoms with Crippen LogP contribution in [0.2, 0.25) is 0 Å². The van der Waals surface area contributed by atoms with Crippen molar-refractivity contribution >= 4 is 5.69 Å². The van der Waals surface area contributed by atoms with Gasteiger partial charge < -0.3 is 14.7 Å². The number of aliphatic hydroxyl groups is 1. The maximum atomic E-state index is 13.2. The number of benzene rings is 1. The van der Waals surface area contributed by atoms with Crippen molar-refractivity contribution in [1.29, 1.82) is 0 Å². The second kappa shape index (κ2) is 4.58. The number of rotatable bonds is 1. The lowest BCUT2D eigenvalue weighted by Gasteiger charge is -2.43. The highest BCUT2D eigenvalue weighted by Crippen LogP contribution is 2.27. The number of halogens is 2. The summed E-state index contributed by atoms with van der Waals surface area (Å²) in [6.45, 7) is 3.96. The Morgan fingerprint density at radius 3 is 2.41 bits per heavy atom. The monoisotopic (exact) mass is 243 g/mol. The Kier molecular flexibility index (Phi) is 3.31. The molecular formula is C12H15F2NO2. The van der Waals surface area contributed by atoms with Gasteiger partial charge in [-0.2, -0.15) is 0 Å². The van der Waals surface area contributed by atoms with Crippen LogP contribution in [0.25, 0.3) is 0 Å². The van der Waals surface area contributed by atoms with Crippen LogP contribution in [0.4, 0.5) is 14.5 Å². The summed E-state index contributed by atoms with van der Waals surface area (Å²) in [6, 6.07) is 2.95. The van der Waals surface area contributed by atoms with Crippen LogP contribution in [0.5, 0.6) is 0 Å². The van der Waals surface area contributed by atoms with Crippen molar-refractivity contribution < 1.29 is 18.6 Å². The molecule has 1 heterocycles. The number of hydrogen-bond acceptors (Lipinski definition) is 3. The molecule has 0 aromatic heterocycles. The zero-order valence-electron chi connectivity index (χ0n) is 9.73. The SMILES string of the molecule is CC1COC(O)C(C)N1c1cc(F)cc(F)c1. The zero-order chi connectivity index (χ0) is 12.6. The molecule has 1 N–H and O–H groups in total. The minimum atomic E-state index is -0.947. The largest absolute Gasteiger partial charge is 0.366 e. The van der Waals surface area contributed by atoms with Crippen LogP contribution in [-0.4, -0.2) is 30.1 Å². The quantitative estimate of drug-likeness (QED) is 0.817. The van der Waals surface area contributed by atoms with Crippen LogP contribution in [0.15, 0.2) is 18.2 Å². The molecule has 3 unspecified atom stereocenters. The van der Waals surface area contributed by atoms with Gasteiger partial charge in [-0.1, -0.05) is 0 Å². The lowest BCUT2D eigenvalue weighted by Crippen LogP contribution is -2.54. The normalized spacial score (nSPS) is 29.5. The van der Waals surface area contributed by atoms with Crippen molar-refractivity contribution in [3.63, 3.8) is 0 Å². The van der Waals surface area contributed by atoms with Crippen molar-refractivity contribution in [3.8, 4) is 0 Å². The van der Waals surface area contributed by atoms with Crippen molar-refractivity contribution in [2.45, 2.75) is 32.2 Å². The van der Waals surface area contributed by atoms with E-state index in [1.54, 1.807) is 11.8 Å². The highest BCUT2D eigenvalue weighted by Gasteiger charge is 2.32. The third kappa shape index (κ3) is 2.40. The van der Waals surface area contributed by atoms with E-state index in [0.717, 1.165) is 6.07 Å². The molecule has 3 nitrogen and oxygen atoms in total. The van der Waals surface area contributed by atoms with Gasteiger partial charge in [0.05, 0.1) is 18.7 Å². The Morgan fingerprint density at radius 1 is 1.24 bits per heavy atom. The van der Waals surface area contributed by atoms with E-state index in [4.69, 9.17) is 4.74 Å². The maximum absolute atomic E-state index is 13.2. The molecule has 2 rings (SSSR count). The van der Waals surface area contributed by atoms with Crippen molar-refractivity contribution in [3.05, 3.63) is 29.8 Å². The Morgan fingerprint density at radius 2 is 1.82 bits per heavy atom. The number of hydrogen-bond donors (Lipinski definition) is 1. The molecule has 1 aromatic rings. The molecule has 94 valence electrons. The summed E-state index contributed by atoms with van der Waals surface area (Å²) in [5.41, 5.74) is 0.421. The molecule has 3 atom stereocenters. The van der Waals surface area contributed by atoms with Crippen molar-refractivity contribution in [1.82, 2.24) is 0 Å². The molecule has 1 fully saturated rings. The van der Waals surface area contributed by atoms with Crippen LogP contribution >= 0.6 is 0 Å². The zero-order valence-corrected chi connectivity index (χ0v) is 9.73. The van der Waals surface area contributed by atoms with Gasteiger partial charge in [0, 0.05) is 11.8 Å². The molecule has 0 amide bonds. The topological polar surface area (TPSA) is 32.7 Å². The molecule has 0 saturated carbocycles. The predicted octanol–water partition coefficient (Wildman–Crippen LogP) is 1.90. The van der Waals surface area contributed by atoms with E-state index in [9.17, 15) is 13.9 Å². The van der Waals surface area contributed by atoms with Crippen LogP contribution in [0.1, 0.15) is 13.8 Å². The van der Waals surface area contributed by atoms with Gasteiger partial charge in [-0.25, -0.2) is 8.78 Å². The van der Waals surface area contributed by atoms with Crippen molar-refractivity contribution in [2.24, 2.45) is 0 Å². The van der Waals surface area contributed by atoms with Crippen LogP contribution in [0, 0.1) is 11.6 Å². The number of aliphatic hydroxyl groups excluding tert-OH is 1. The van der Waals surface area contributed by atoms with Gasteiger partial charge in [0.25, 0.3) is 0 Å². The Balaban J connectivity index is 2.35. The average Bonchev–Trinajstić information content (AvgIpc) is 2.23. The molecule has 1 aliphatic rings. The van der Waals surface area contributed by atoms with Crippen LogP contribution in [0.3, 0.4) is 0 Å². The van der Waals surface area contributed by atoms with Gasteiger partial charge in [0.1, 0.15) is 11.6 Å². The summed E-state index contributed by atoms with van der Waals surface area (Å²) in [6.07, 6.45) is -0.947. The van der Waals surface area contributed by atoms with E-state index in [1.165, 1.54) is 12.1 Å². The average molecular weight is 243 g/mol. The third-order valence-electron chi connectivity index (χ3n) is 2.98. The van der Waals surface area contributed by atoms with E-state index < -0.39 is 17.9 Å².